The van der Waals surface area contributed by atoms with Gasteiger partial charge in [0.05, 0.1) is 19.1 Å². The first-order valence-electron chi connectivity index (χ1n) is 12.1. The van der Waals surface area contributed by atoms with Gasteiger partial charge >= 0.3 is 5.97 Å². The quantitative estimate of drug-likeness (QED) is 0.104. The van der Waals surface area contributed by atoms with Crippen molar-refractivity contribution in [3.05, 3.63) is 36.0 Å². The summed E-state index contributed by atoms with van der Waals surface area (Å²) < 4.78 is 0. The Morgan fingerprint density at radius 3 is 2.18 bits per heavy atom. The van der Waals surface area contributed by atoms with Gasteiger partial charge in [0.25, 0.3) is 0 Å². The molecule has 4 amide bonds. The number of carboxylic acids is 1. The van der Waals surface area contributed by atoms with Crippen molar-refractivity contribution in [3.63, 3.8) is 0 Å². The van der Waals surface area contributed by atoms with E-state index in [4.69, 9.17) is 17.2 Å². The lowest BCUT2D eigenvalue weighted by Crippen LogP contribution is -2.58. The van der Waals surface area contributed by atoms with Crippen LogP contribution in [0.5, 0.6) is 0 Å². The number of aromatic nitrogens is 1. The molecule has 0 aliphatic heterocycles. The van der Waals surface area contributed by atoms with Gasteiger partial charge < -0.3 is 48.3 Å². The number of nitrogens with one attached hydrogen (secondary N) is 4. The highest BCUT2D eigenvalue weighted by atomic mass is 16.4. The van der Waals surface area contributed by atoms with Crippen LogP contribution in [0.1, 0.15) is 31.2 Å². The number of carbonyl (C=O) groups excluding carboxylic acids is 4. The van der Waals surface area contributed by atoms with E-state index in [9.17, 15) is 34.2 Å². The van der Waals surface area contributed by atoms with Gasteiger partial charge in [0, 0.05) is 17.1 Å². The van der Waals surface area contributed by atoms with Gasteiger partial charge in [0.1, 0.15) is 18.1 Å². The molecule has 2 aromatic rings. The molecule has 4 unspecified atom stereocenters. The van der Waals surface area contributed by atoms with Gasteiger partial charge in [0.15, 0.2) is 0 Å². The highest BCUT2D eigenvalue weighted by Crippen LogP contribution is 2.18. The number of carbonyl (C=O) groups is 5. The van der Waals surface area contributed by atoms with Crippen LogP contribution in [0.2, 0.25) is 0 Å². The monoisotopic (exact) mass is 533 g/mol. The van der Waals surface area contributed by atoms with Crippen LogP contribution >= 0.6 is 0 Å². The molecule has 4 atom stereocenters. The zero-order chi connectivity index (χ0) is 28.2. The van der Waals surface area contributed by atoms with E-state index in [1.165, 1.54) is 0 Å². The Kier molecular flexibility index (Phi) is 11.7. The van der Waals surface area contributed by atoms with E-state index < -0.39 is 66.8 Å². The van der Waals surface area contributed by atoms with Crippen molar-refractivity contribution in [3.8, 4) is 0 Å². The lowest BCUT2D eigenvalue weighted by molar-refractivity contribution is -0.143. The largest absolute Gasteiger partial charge is 0.480 e. The number of para-hydroxylation sites is 1. The molecule has 1 aromatic carbocycles. The first kappa shape index (κ1) is 30.2. The zero-order valence-electron chi connectivity index (χ0n) is 20.8. The molecule has 1 heterocycles. The number of benzene rings is 1. The van der Waals surface area contributed by atoms with Crippen LogP contribution in [0.25, 0.3) is 10.9 Å². The number of H-pyrrole nitrogens is 1. The van der Waals surface area contributed by atoms with Gasteiger partial charge in [-0.15, -0.1) is 0 Å². The van der Waals surface area contributed by atoms with Crippen molar-refractivity contribution < 1.29 is 34.2 Å². The van der Waals surface area contributed by atoms with Crippen molar-refractivity contribution in [2.75, 3.05) is 13.2 Å². The van der Waals surface area contributed by atoms with E-state index >= 15 is 0 Å². The van der Waals surface area contributed by atoms with Crippen LogP contribution in [0.4, 0.5) is 0 Å². The molecule has 0 bridgehead atoms. The third kappa shape index (κ3) is 8.83. The number of fused-ring (bicyclic) bond motifs is 1. The molecule has 38 heavy (non-hydrogen) atoms. The number of unbranched alkanes of at least 4 members (excludes halogenated alkanes) is 1. The summed E-state index contributed by atoms with van der Waals surface area (Å²) >= 11 is 0. The number of aliphatic carboxylic acids is 1. The van der Waals surface area contributed by atoms with Gasteiger partial charge in [0.2, 0.25) is 23.6 Å². The number of primary amides is 1. The average molecular weight is 534 g/mol. The minimum absolute atomic E-state index is 0.0872. The Bertz CT molecular complexity index is 1140. The summed E-state index contributed by atoms with van der Waals surface area (Å²) in [5.74, 6) is -4.86. The summed E-state index contributed by atoms with van der Waals surface area (Å²) in [4.78, 5) is 63.9. The third-order valence-corrected chi connectivity index (χ3v) is 5.87. The Balaban J connectivity index is 2.05. The fourth-order valence-corrected chi connectivity index (χ4v) is 3.81. The van der Waals surface area contributed by atoms with Gasteiger partial charge in [-0.25, -0.2) is 4.79 Å². The average Bonchev–Trinajstić information content (AvgIpc) is 3.28. The van der Waals surface area contributed by atoms with Gasteiger partial charge in [-0.2, -0.15) is 0 Å². The zero-order valence-corrected chi connectivity index (χ0v) is 20.8. The van der Waals surface area contributed by atoms with Crippen LogP contribution in [-0.4, -0.2) is 82.1 Å². The number of amides is 4. The fraction of sp³-hybridized carbons (Fsp3) is 0.458. The maximum absolute atomic E-state index is 12.8. The molecule has 0 spiro atoms. The van der Waals surface area contributed by atoms with Crippen molar-refractivity contribution >= 4 is 40.5 Å². The van der Waals surface area contributed by atoms with Crippen LogP contribution in [-0.2, 0) is 30.4 Å². The van der Waals surface area contributed by atoms with E-state index in [2.05, 4.69) is 20.9 Å². The molecule has 0 fully saturated rings. The fourth-order valence-electron chi connectivity index (χ4n) is 3.81. The van der Waals surface area contributed by atoms with Gasteiger partial charge in [-0.05, 0) is 43.9 Å². The predicted octanol–water partition coefficient (Wildman–Crippen LogP) is -2.43. The topological polar surface area (TPSA) is 256 Å². The standard InChI is InChI=1S/C24H35N7O7/c25-8-4-3-7-17(22(35)30-18(24(37)38)10-20(27)33)29-23(36)19(12-32)31-21(34)15(26)9-13-11-28-16-6-2-1-5-14(13)16/h1-2,5-6,11,15,17-19,28,32H,3-4,7-10,12,25-26H2,(H2,27,33)(H,29,36)(H,30,35)(H,31,34)(H,37,38). The molecule has 0 saturated heterocycles. The Labute approximate surface area is 218 Å². The minimum atomic E-state index is -1.59. The second-order valence-corrected chi connectivity index (χ2v) is 8.83. The number of aliphatic hydroxyl groups is 1. The first-order chi connectivity index (χ1) is 18.1. The van der Waals surface area contributed by atoms with E-state index in [1.54, 1.807) is 6.20 Å². The van der Waals surface area contributed by atoms with E-state index in [0.29, 0.717) is 19.4 Å². The molecule has 1 aromatic heterocycles. The van der Waals surface area contributed by atoms with Crippen molar-refractivity contribution in [1.29, 1.82) is 0 Å². The summed E-state index contributed by atoms with van der Waals surface area (Å²) in [6.45, 7) is -0.459. The summed E-state index contributed by atoms with van der Waals surface area (Å²) in [5, 5.41) is 26.9. The molecule has 14 nitrogen and oxygen atoms in total. The molecular formula is C24H35N7O7. The molecule has 2 rings (SSSR count). The van der Waals surface area contributed by atoms with E-state index in [-0.39, 0.29) is 12.8 Å². The maximum atomic E-state index is 12.8. The molecule has 0 saturated carbocycles. The van der Waals surface area contributed by atoms with Crippen molar-refractivity contribution in [1.82, 2.24) is 20.9 Å². The summed E-state index contributed by atoms with van der Waals surface area (Å²) in [7, 11) is 0. The number of aromatic amines is 1. The Morgan fingerprint density at radius 1 is 0.921 bits per heavy atom. The van der Waals surface area contributed by atoms with Crippen molar-refractivity contribution in [2.24, 2.45) is 17.2 Å². The third-order valence-electron chi connectivity index (χ3n) is 5.87. The Morgan fingerprint density at radius 2 is 1.55 bits per heavy atom. The van der Waals surface area contributed by atoms with Crippen LogP contribution < -0.4 is 33.2 Å². The van der Waals surface area contributed by atoms with Gasteiger partial charge in [-0.1, -0.05) is 18.2 Å². The molecular weight excluding hydrogens is 498 g/mol. The van der Waals surface area contributed by atoms with Crippen molar-refractivity contribution in [2.45, 2.75) is 56.3 Å². The molecule has 0 radical (unpaired) electrons. The van der Waals surface area contributed by atoms with Crippen LogP contribution in [0.15, 0.2) is 30.5 Å². The Hall–Kier alpha value is -4.01. The lowest BCUT2D eigenvalue weighted by atomic mass is 10.0. The van der Waals surface area contributed by atoms with Gasteiger partial charge in [-0.3, -0.25) is 19.2 Å². The smallest absolute Gasteiger partial charge is 0.326 e. The number of nitrogens with two attached hydrogens (primary N) is 3. The lowest BCUT2D eigenvalue weighted by Gasteiger charge is -2.24. The minimum Gasteiger partial charge on any atom is -0.480 e. The molecule has 0 aliphatic rings. The summed E-state index contributed by atoms with van der Waals surface area (Å²) in [5.41, 5.74) is 18.3. The second kappa shape index (κ2) is 14.7. The number of hydrogen-bond donors (Lipinski definition) is 9. The number of carboxylic acid groups (broad SMARTS) is 1. The maximum Gasteiger partial charge on any atom is 0.326 e. The van der Waals surface area contributed by atoms with E-state index in [0.717, 1.165) is 16.5 Å². The second-order valence-electron chi connectivity index (χ2n) is 8.83. The predicted molar refractivity (Wildman–Crippen MR) is 137 cm³/mol. The van der Waals surface area contributed by atoms with Crippen LogP contribution in [0.3, 0.4) is 0 Å². The molecule has 208 valence electrons. The van der Waals surface area contributed by atoms with E-state index in [1.807, 2.05) is 24.3 Å². The normalized spacial score (nSPS) is 14.2. The summed E-state index contributed by atoms with van der Waals surface area (Å²) in [6.07, 6.45) is 2.27. The first-order valence-corrected chi connectivity index (χ1v) is 12.1. The number of hydrogen-bond acceptors (Lipinski definition) is 8. The molecule has 0 aliphatic carbocycles. The number of aliphatic hydroxyl groups excluding tert-OH is 1. The highest BCUT2D eigenvalue weighted by Gasteiger charge is 2.30. The molecule has 12 N–H and O–H groups in total. The SMILES string of the molecule is NCCCCC(NC(=O)C(CO)NC(=O)C(N)Cc1c[nH]c2ccccc12)C(=O)NC(CC(N)=O)C(=O)O. The number of rotatable bonds is 16. The summed E-state index contributed by atoms with van der Waals surface area (Å²) in [6, 6.07) is 2.19. The molecule has 14 heteroatoms. The highest BCUT2D eigenvalue weighted by molar-refractivity contribution is 5.95. The van der Waals surface area contributed by atoms with Crippen LogP contribution in [0, 0.1) is 0 Å².